The summed E-state index contributed by atoms with van der Waals surface area (Å²) in [5.74, 6) is 0.451. The number of anilines is 1. The maximum atomic E-state index is 12.0. The van der Waals surface area contributed by atoms with Gasteiger partial charge in [-0.25, -0.2) is 13.7 Å². The molecule has 0 aliphatic carbocycles. The summed E-state index contributed by atoms with van der Waals surface area (Å²) < 4.78 is 31.4. The molecule has 0 atom stereocenters. The van der Waals surface area contributed by atoms with Crippen molar-refractivity contribution in [1.29, 1.82) is 0 Å². The molecule has 0 aromatic heterocycles. The Bertz CT molecular complexity index is 686. The second kappa shape index (κ2) is 8.55. The number of methoxy groups -OCH3 is 1. The van der Waals surface area contributed by atoms with Crippen LogP contribution in [0.3, 0.4) is 0 Å². The molecule has 0 bridgehead atoms. The molecule has 0 spiro atoms. The number of rotatable bonds is 9. The van der Waals surface area contributed by atoms with Crippen molar-refractivity contribution in [2.24, 2.45) is 0 Å². The van der Waals surface area contributed by atoms with Crippen molar-refractivity contribution in [2.75, 3.05) is 24.3 Å². The van der Waals surface area contributed by atoms with E-state index in [9.17, 15) is 8.42 Å². The fourth-order valence-corrected chi connectivity index (χ4v) is 3.02. The van der Waals surface area contributed by atoms with E-state index in [-0.39, 0.29) is 5.88 Å². The highest BCUT2D eigenvalue weighted by molar-refractivity contribution is 7.92. The number of aryl methyl sites for hydroxylation is 1. The molecule has 6 heteroatoms. The lowest BCUT2D eigenvalue weighted by molar-refractivity contribution is 0.415. The molecular weight excluding hydrogens is 312 g/mol. The zero-order chi connectivity index (χ0) is 16.5. The Morgan fingerprint density at radius 2 is 1.74 bits per heavy atom. The van der Waals surface area contributed by atoms with Gasteiger partial charge in [-0.2, -0.15) is 0 Å². The van der Waals surface area contributed by atoms with E-state index < -0.39 is 10.0 Å². The summed E-state index contributed by atoms with van der Waals surface area (Å²) in [4.78, 5) is 0. The minimum atomic E-state index is -3.46. The van der Waals surface area contributed by atoms with Crippen LogP contribution in [0.15, 0.2) is 54.6 Å². The Labute approximate surface area is 137 Å². The van der Waals surface area contributed by atoms with Crippen molar-refractivity contribution in [1.82, 2.24) is 5.32 Å². The molecule has 0 fully saturated rings. The fourth-order valence-electron chi connectivity index (χ4n) is 2.10. The molecule has 23 heavy (non-hydrogen) atoms. The smallest absolute Gasteiger partial charge is 0.247 e. The van der Waals surface area contributed by atoms with Crippen LogP contribution in [0.25, 0.3) is 0 Å². The number of nitrogens with zero attached hydrogens (tertiary/aromatic N) is 1. The third-order valence-electron chi connectivity index (χ3n) is 3.25. The lowest BCUT2D eigenvalue weighted by atomic mass is 10.1. The van der Waals surface area contributed by atoms with E-state index in [1.165, 1.54) is 5.56 Å². The molecule has 0 saturated carbocycles. The molecule has 0 unspecified atom stereocenters. The van der Waals surface area contributed by atoms with Crippen molar-refractivity contribution < 1.29 is 13.2 Å². The van der Waals surface area contributed by atoms with Gasteiger partial charge in [0, 0.05) is 12.2 Å². The van der Waals surface area contributed by atoms with Crippen molar-refractivity contribution in [3.05, 3.63) is 60.2 Å². The second-order valence-corrected chi connectivity index (χ2v) is 6.80. The number of nitrogens with one attached hydrogen (secondary N) is 1. The minimum absolute atomic E-state index is 0.228. The van der Waals surface area contributed by atoms with Crippen LogP contribution in [0.2, 0.25) is 0 Å². The summed E-state index contributed by atoms with van der Waals surface area (Å²) in [7, 11) is -1.89. The molecule has 2 aromatic rings. The average Bonchev–Trinajstić information content (AvgIpc) is 2.56. The van der Waals surface area contributed by atoms with Crippen molar-refractivity contribution >= 4 is 15.7 Å². The fraction of sp³-hybridized carbons (Fsp3) is 0.294. The topological polar surface area (TPSA) is 69.5 Å². The van der Waals surface area contributed by atoms with Gasteiger partial charge in [0.2, 0.25) is 10.0 Å². The number of benzene rings is 2. The van der Waals surface area contributed by atoms with E-state index in [0.717, 1.165) is 12.8 Å². The summed E-state index contributed by atoms with van der Waals surface area (Å²) in [6, 6.07) is 16.8. The van der Waals surface area contributed by atoms with Crippen LogP contribution in [0.4, 0.5) is 5.69 Å². The predicted octanol–water partition coefficient (Wildman–Crippen LogP) is 2.63. The van der Waals surface area contributed by atoms with Crippen LogP contribution in [0, 0.1) is 0 Å². The number of hydrogen-bond donors (Lipinski definition) is 1. The van der Waals surface area contributed by atoms with Gasteiger partial charge in [-0.1, -0.05) is 30.3 Å². The van der Waals surface area contributed by atoms with E-state index in [4.69, 9.17) is 4.74 Å². The summed E-state index contributed by atoms with van der Waals surface area (Å²) in [6.07, 6.45) is 1.73. The molecule has 1 N–H and O–H groups in total. The molecule has 1 radical (unpaired) electrons. The van der Waals surface area contributed by atoms with E-state index in [1.807, 2.05) is 18.2 Å². The van der Waals surface area contributed by atoms with Crippen LogP contribution in [-0.2, 0) is 16.4 Å². The van der Waals surface area contributed by atoms with Gasteiger partial charge in [0.05, 0.1) is 7.11 Å². The Balaban J connectivity index is 1.71. The maximum absolute atomic E-state index is 12.0. The molecule has 0 saturated heterocycles. The van der Waals surface area contributed by atoms with Gasteiger partial charge in [-0.05, 0) is 42.7 Å². The molecule has 0 aliphatic heterocycles. The van der Waals surface area contributed by atoms with Gasteiger partial charge in [0.25, 0.3) is 0 Å². The molecule has 0 aliphatic rings. The number of sulfonamides is 1. The predicted molar refractivity (Wildman–Crippen MR) is 92.2 cm³/mol. The largest absolute Gasteiger partial charge is 0.497 e. The number of ether oxygens (including phenoxy) is 1. The van der Waals surface area contributed by atoms with Crippen LogP contribution in [-0.4, -0.2) is 27.9 Å². The lowest BCUT2D eigenvalue weighted by Crippen LogP contribution is -2.24. The Morgan fingerprint density at radius 3 is 2.39 bits per heavy atom. The van der Waals surface area contributed by atoms with Crippen LogP contribution in [0.5, 0.6) is 5.75 Å². The molecule has 123 valence electrons. The SMILES string of the molecule is COc1ccc(NS(=O)(=O)C[N]CCCc2ccccc2)cc1. The molecule has 0 amide bonds. The Hall–Kier alpha value is -2.05. The van der Waals surface area contributed by atoms with Crippen molar-refractivity contribution in [3.63, 3.8) is 0 Å². The lowest BCUT2D eigenvalue weighted by Gasteiger charge is -2.09. The Morgan fingerprint density at radius 1 is 1.04 bits per heavy atom. The van der Waals surface area contributed by atoms with Crippen LogP contribution < -0.4 is 14.8 Å². The van der Waals surface area contributed by atoms with E-state index in [0.29, 0.717) is 18.0 Å². The van der Waals surface area contributed by atoms with Crippen LogP contribution in [0.1, 0.15) is 12.0 Å². The second-order valence-electron chi connectivity index (χ2n) is 5.11. The third kappa shape index (κ3) is 6.30. The highest BCUT2D eigenvalue weighted by atomic mass is 32.2. The van der Waals surface area contributed by atoms with Gasteiger partial charge in [0.15, 0.2) is 0 Å². The summed E-state index contributed by atoms with van der Waals surface area (Å²) in [5, 5.41) is 4.11. The van der Waals surface area contributed by atoms with Gasteiger partial charge >= 0.3 is 0 Å². The number of hydrogen-bond acceptors (Lipinski definition) is 3. The highest BCUT2D eigenvalue weighted by Crippen LogP contribution is 2.16. The summed E-state index contributed by atoms with van der Waals surface area (Å²) in [6.45, 7) is 0.526. The first-order valence-electron chi connectivity index (χ1n) is 7.41. The monoisotopic (exact) mass is 333 g/mol. The zero-order valence-corrected chi connectivity index (χ0v) is 13.9. The van der Waals surface area contributed by atoms with E-state index >= 15 is 0 Å². The molecular formula is C17H21N2O3S. The highest BCUT2D eigenvalue weighted by Gasteiger charge is 2.10. The van der Waals surface area contributed by atoms with Crippen molar-refractivity contribution in [2.45, 2.75) is 12.8 Å². The molecule has 2 aromatic carbocycles. The normalized spacial score (nSPS) is 11.2. The summed E-state index contributed by atoms with van der Waals surface area (Å²) in [5.41, 5.74) is 1.74. The third-order valence-corrected chi connectivity index (χ3v) is 4.32. The molecule has 2 rings (SSSR count). The summed E-state index contributed by atoms with van der Waals surface area (Å²) >= 11 is 0. The van der Waals surface area contributed by atoms with Crippen molar-refractivity contribution in [3.8, 4) is 5.75 Å². The quantitative estimate of drug-likeness (QED) is 0.717. The van der Waals surface area contributed by atoms with E-state index in [2.05, 4.69) is 22.2 Å². The Kier molecular flexibility index (Phi) is 6.43. The molecule has 5 nitrogen and oxygen atoms in total. The maximum Gasteiger partial charge on any atom is 0.247 e. The first-order chi connectivity index (χ1) is 11.1. The van der Waals surface area contributed by atoms with Gasteiger partial charge in [-0.3, -0.25) is 4.72 Å². The molecule has 0 heterocycles. The minimum Gasteiger partial charge on any atom is -0.497 e. The van der Waals surface area contributed by atoms with Gasteiger partial charge in [-0.15, -0.1) is 0 Å². The van der Waals surface area contributed by atoms with Gasteiger partial charge < -0.3 is 4.74 Å². The average molecular weight is 333 g/mol. The first kappa shape index (κ1) is 17.3. The standard InChI is InChI=1S/C17H21N2O3S/c1-22-17-11-9-16(10-12-17)19-23(20,21)14-18-13-5-8-15-6-3-2-4-7-15/h2-4,6-7,9-12,19H,5,8,13-14H2,1H3. The van der Waals surface area contributed by atoms with E-state index in [1.54, 1.807) is 31.4 Å². The zero-order valence-electron chi connectivity index (χ0n) is 13.1. The van der Waals surface area contributed by atoms with Gasteiger partial charge in [0.1, 0.15) is 11.6 Å². The first-order valence-corrected chi connectivity index (χ1v) is 9.06. The van der Waals surface area contributed by atoms with Crippen LogP contribution >= 0.6 is 0 Å².